The number of benzene rings is 2. The van der Waals surface area contributed by atoms with Crippen LogP contribution in [0.2, 0.25) is 0 Å². The van der Waals surface area contributed by atoms with E-state index >= 15 is 0 Å². The molecule has 9 nitrogen and oxygen atoms in total. The Balaban J connectivity index is 1.99. The fourth-order valence-electron chi connectivity index (χ4n) is 2.83. The molecule has 0 spiro atoms. The lowest BCUT2D eigenvalue weighted by Gasteiger charge is -2.26. The van der Waals surface area contributed by atoms with Gasteiger partial charge in [0, 0.05) is 28.9 Å². The summed E-state index contributed by atoms with van der Waals surface area (Å²) in [5.41, 5.74) is 2.08. The van der Waals surface area contributed by atoms with Gasteiger partial charge < -0.3 is 15.5 Å². The van der Waals surface area contributed by atoms with Crippen molar-refractivity contribution in [1.82, 2.24) is 10.2 Å². The van der Waals surface area contributed by atoms with Crippen LogP contribution in [-0.2, 0) is 9.59 Å². The molecule has 164 valence electrons. The highest BCUT2D eigenvalue weighted by Crippen LogP contribution is 2.21. The van der Waals surface area contributed by atoms with Crippen molar-refractivity contribution in [1.29, 1.82) is 0 Å². The van der Waals surface area contributed by atoms with Crippen LogP contribution in [0.25, 0.3) is 0 Å². The van der Waals surface area contributed by atoms with Crippen LogP contribution in [0.5, 0.6) is 0 Å². The SMILES string of the molecule is Cc1ccc(NC(=O)CNC(=O)CN(C(=O)c2ccc(C)c([N+](=O)[O-])c2)C(C)C)cc1. The number of nitrogens with zero attached hydrogens (tertiary/aromatic N) is 2. The second-order valence-corrected chi connectivity index (χ2v) is 7.48. The number of amides is 3. The predicted molar refractivity (Wildman–Crippen MR) is 117 cm³/mol. The number of anilines is 1. The summed E-state index contributed by atoms with van der Waals surface area (Å²) < 4.78 is 0. The molecule has 0 aliphatic heterocycles. The number of carbonyl (C=O) groups is 3. The van der Waals surface area contributed by atoms with Crippen molar-refractivity contribution in [3.05, 3.63) is 69.3 Å². The van der Waals surface area contributed by atoms with Crippen molar-refractivity contribution in [3.8, 4) is 0 Å². The van der Waals surface area contributed by atoms with Crippen LogP contribution in [0.4, 0.5) is 11.4 Å². The first-order chi connectivity index (χ1) is 14.6. The third-order valence-electron chi connectivity index (χ3n) is 4.63. The minimum Gasteiger partial charge on any atom is -0.345 e. The van der Waals surface area contributed by atoms with Gasteiger partial charge in [-0.2, -0.15) is 0 Å². The quantitative estimate of drug-likeness (QED) is 0.496. The molecule has 0 aromatic heterocycles. The summed E-state index contributed by atoms with van der Waals surface area (Å²) in [6.45, 7) is 6.46. The Hall–Kier alpha value is -3.75. The molecule has 0 saturated carbocycles. The zero-order valence-electron chi connectivity index (χ0n) is 18.0. The van der Waals surface area contributed by atoms with E-state index in [9.17, 15) is 24.5 Å². The molecule has 0 atom stereocenters. The summed E-state index contributed by atoms with van der Waals surface area (Å²) in [6, 6.07) is 11.1. The zero-order valence-corrected chi connectivity index (χ0v) is 18.0. The number of nitrogens with one attached hydrogen (secondary N) is 2. The van der Waals surface area contributed by atoms with Crippen LogP contribution in [0.3, 0.4) is 0 Å². The minimum atomic E-state index is -0.550. The summed E-state index contributed by atoms with van der Waals surface area (Å²) in [6.07, 6.45) is 0. The molecule has 3 amide bonds. The van der Waals surface area contributed by atoms with Gasteiger partial charge in [0.2, 0.25) is 11.8 Å². The Morgan fingerprint density at radius 3 is 2.26 bits per heavy atom. The summed E-state index contributed by atoms with van der Waals surface area (Å²) >= 11 is 0. The highest BCUT2D eigenvalue weighted by atomic mass is 16.6. The molecule has 2 rings (SSSR count). The van der Waals surface area contributed by atoms with E-state index in [4.69, 9.17) is 0 Å². The minimum absolute atomic E-state index is 0.121. The second kappa shape index (κ2) is 10.3. The maximum atomic E-state index is 12.9. The lowest BCUT2D eigenvalue weighted by atomic mass is 10.1. The maximum Gasteiger partial charge on any atom is 0.273 e. The number of hydrogen-bond acceptors (Lipinski definition) is 5. The monoisotopic (exact) mass is 426 g/mol. The Bertz CT molecular complexity index is 986. The molecule has 0 unspecified atom stereocenters. The third-order valence-corrected chi connectivity index (χ3v) is 4.63. The van der Waals surface area contributed by atoms with Crippen LogP contribution < -0.4 is 10.6 Å². The molecule has 31 heavy (non-hydrogen) atoms. The van der Waals surface area contributed by atoms with E-state index in [1.165, 1.54) is 23.1 Å². The average Bonchev–Trinajstić information content (AvgIpc) is 2.71. The van der Waals surface area contributed by atoms with Crippen molar-refractivity contribution in [2.24, 2.45) is 0 Å². The highest BCUT2D eigenvalue weighted by Gasteiger charge is 2.24. The topological polar surface area (TPSA) is 122 Å². The van der Waals surface area contributed by atoms with E-state index in [1.807, 2.05) is 19.1 Å². The number of carbonyl (C=O) groups excluding carboxylic acids is 3. The number of nitro groups is 1. The standard InChI is InChI=1S/C22H26N4O5/c1-14(2)25(22(29)17-8-7-16(4)19(11-17)26(30)31)13-21(28)23-12-20(27)24-18-9-5-15(3)6-10-18/h5-11,14H,12-13H2,1-4H3,(H,23,28)(H,24,27). The van der Waals surface area contributed by atoms with Gasteiger partial charge in [0.1, 0.15) is 6.54 Å². The van der Waals surface area contributed by atoms with Gasteiger partial charge in [-0.05, 0) is 45.9 Å². The maximum absolute atomic E-state index is 12.9. The van der Waals surface area contributed by atoms with Crippen molar-refractivity contribution in [2.45, 2.75) is 33.7 Å². The number of rotatable bonds is 8. The third kappa shape index (κ3) is 6.63. The van der Waals surface area contributed by atoms with Gasteiger partial charge >= 0.3 is 0 Å². The van der Waals surface area contributed by atoms with Crippen LogP contribution in [0.15, 0.2) is 42.5 Å². The van der Waals surface area contributed by atoms with Crippen LogP contribution in [0, 0.1) is 24.0 Å². The van der Waals surface area contributed by atoms with E-state index in [0.29, 0.717) is 11.3 Å². The molecule has 0 aliphatic carbocycles. The van der Waals surface area contributed by atoms with Gasteiger partial charge in [0.15, 0.2) is 0 Å². The molecular formula is C22H26N4O5. The smallest absolute Gasteiger partial charge is 0.273 e. The van der Waals surface area contributed by atoms with E-state index in [1.54, 1.807) is 32.9 Å². The average molecular weight is 426 g/mol. The molecule has 0 saturated heterocycles. The lowest BCUT2D eigenvalue weighted by molar-refractivity contribution is -0.385. The van der Waals surface area contributed by atoms with Gasteiger partial charge in [-0.1, -0.05) is 23.8 Å². The molecular weight excluding hydrogens is 400 g/mol. The largest absolute Gasteiger partial charge is 0.345 e. The highest BCUT2D eigenvalue weighted by molar-refractivity contribution is 5.98. The van der Waals surface area contributed by atoms with E-state index in [2.05, 4.69) is 10.6 Å². The summed E-state index contributed by atoms with van der Waals surface area (Å²) in [5.74, 6) is -1.41. The van der Waals surface area contributed by atoms with Crippen LogP contribution in [0.1, 0.15) is 35.3 Å². The molecule has 0 fully saturated rings. The Morgan fingerprint density at radius 1 is 1.03 bits per heavy atom. The van der Waals surface area contributed by atoms with E-state index in [-0.39, 0.29) is 30.4 Å². The Kier molecular flexibility index (Phi) is 7.84. The summed E-state index contributed by atoms with van der Waals surface area (Å²) in [4.78, 5) is 49.1. The summed E-state index contributed by atoms with van der Waals surface area (Å²) in [5, 5.41) is 16.3. The van der Waals surface area contributed by atoms with Crippen molar-refractivity contribution in [2.75, 3.05) is 18.4 Å². The fraction of sp³-hybridized carbons (Fsp3) is 0.318. The van der Waals surface area contributed by atoms with Gasteiger partial charge in [-0.15, -0.1) is 0 Å². The van der Waals surface area contributed by atoms with Crippen LogP contribution >= 0.6 is 0 Å². The van der Waals surface area contributed by atoms with Gasteiger partial charge in [0.05, 0.1) is 11.5 Å². The van der Waals surface area contributed by atoms with Crippen LogP contribution in [-0.4, -0.2) is 46.7 Å². The van der Waals surface area contributed by atoms with Gasteiger partial charge in [-0.3, -0.25) is 24.5 Å². The Morgan fingerprint density at radius 2 is 1.68 bits per heavy atom. The van der Waals surface area contributed by atoms with E-state index < -0.39 is 22.6 Å². The molecule has 0 radical (unpaired) electrons. The number of aryl methyl sites for hydroxylation is 2. The predicted octanol–water partition coefficient (Wildman–Crippen LogP) is 2.82. The van der Waals surface area contributed by atoms with Crippen molar-refractivity contribution >= 4 is 29.1 Å². The normalized spacial score (nSPS) is 10.5. The molecule has 0 heterocycles. The Labute approximate surface area is 180 Å². The first kappa shape index (κ1) is 23.5. The molecule has 9 heteroatoms. The zero-order chi connectivity index (χ0) is 23.1. The van der Waals surface area contributed by atoms with Crippen molar-refractivity contribution < 1.29 is 19.3 Å². The van der Waals surface area contributed by atoms with Gasteiger partial charge in [0.25, 0.3) is 11.6 Å². The molecule has 2 aromatic carbocycles. The molecule has 0 aliphatic rings. The van der Waals surface area contributed by atoms with Gasteiger partial charge in [-0.25, -0.2) is 0 Å². The molecule has 0 bridgehead atoms. The first-order valence-electron chi connectivity index (χ1n) is 9.77. The number of hydrogen-bond donors (Lipinski definition) is 2. The number of nitro benzene ring substituents is 1. The molecule has 2 aromatic rings. The second-order valence-electron chi connectivity index (χ2n) is 7.48. The van der Waals surface area contributed by atoms with E-state index in [0.717, 1.165) is 5.56 Å². The lowest BCUT2D eigenvalue weighted by Crippen LogP contribution is -2.45. The molecule has 2 N–H and O–H groups in total. The fourth-order valence-corrected chi connectivity index (χ4v) is 2.83. The van der Waals surface area contributed by atoms with Crippen molar-refractivity contribution in [3.63, 3.8) is 0 Å². The summed E-state index contributed by atoms with van der Waals surface area (Å²) in [7, 11) is 0. The first-order valence-corrected chi connectivity index (χ1v) is 9.77.